The zero-order valence-corrected chi connectivity index (χ0v) is 24.0. The summed E-state index contributed by atoms with van der Waals surface area (Å²) in [6, 6.07) is 14.2. The van der Waals surface area contributed by atoms with Gasteiger partial charge in [0.1, 0.15) is 18.3 Å². The average molecular weight is 548 g/mol. The summed E-state index contributed by atoms with van der Waals surface area (Å²) >= 11 is 0. The molecule has 1 saturated heterocycles. The van der Waals surface area contributed by atoms with E-state index >= 15 is 0 Å². The Morgan fingerprint density at radius 3 is 2.45 bits per heavy atom. The Bertz CT molecular complexity index is 1250. The lowest BCUT2D eigenvalue weighted by atomic mass is 9.88. The maximum Gasteiger partial charge on any atom is 0.311 e. The van der Waals surface area contributed by atoms with Crippen LogP contribution in [0, 0.1) is 13.8 Å². The van der Waals surface area contributed by atoms with Crippen LogP contribution in [0.25, 0.3) is 0 Å². The quantitative estimate of drug-likeness (QED) is 0.156. The molecule has 0 spiro atoms. The first kappa shape index (κ1) is 31.2. The van der Waals surface area contributed by atoms with Gasteiger partial charge in [0, 0.05) is 38.1 Å². The van der Waals surface area contributed by atoms with E-state index in [9.17, 15) is 9.59 Å². The Labute approximate surface area is 240 Å². The first-order valence-electron chi connectivity index (χ1n) is 14.4. The molecule has 0 saturated carbocycles. The van der Waals surface area contributed by atoms with E-state index in [1.807, 2.05) is 12.1 Å². The molecule has 0 bridgehead atoms. The molecule has 0 radical (unpaired) electrons. The number of benzene rings is 2. The number of ether oxygens (including phenoxy) is 1. The fourth-order valence-corrected chi connectivity index (χ4v) is 6.04. The molecule has 1 aromatic heterocycles. The Kier molecular flexibility index (Phi) is 11.2. The molecule has 7 nitrogen and oxygen atoms in total. The molecule has 7 heteroatoms. The van der Waals surface area contributed by atoms with Crippen LogP contribution in [0.4, 0.5) is 0 Å². The van der Waals surface area contributed by atoms with Crippen molar-refractivity contribution in [3.63, 3.8) is 0 Å². The summed E-state index contributed by atoms with van der Waals surface area (Å²) in [6.07, 6.45) is 8.50. The molecular weight excluding hydrogens is 500 g/mol. The zero-order valence-electron chi connectivity index (χ0n) is 24.0. The van der Waals surface area contributed by atoms with E-state index in [0.717, 1.165) is 61.9 Å². The monoisotopic (exact) mass is 547 g/mol. The topological polar surface area (TPSA) is 74.1 Å². The number of hydrogen-bond acceptors (Lipinski definition) is 5. The molecule has 0 N–H and O–H groups in total. The number of carbonyl (C=O) groups excluding carboxylic acids is 2. The number of quaternary nitrogens is 1. The summed E-state index contributed by atoms with van der Waals surface area (Å²) in [4.78, 5) is 26.3. The van der Waals surface area contributed by atoms with E-state index in [4.69, 9.17) is 4.74 Å². The number of aryl methyl sites for hydroxylation is 4. The molecule has 1 aliphatic rings. The number of carbonyl (C=O) groups is 2. The Hall–Kier alpha value is -3.32. The maximum atomic E-state index is 13.9. The number of ketones is 1. The van der Waals surface area contributed by atoms with Crippen LogP contribution in [-0.4, -0.2) is 50.4 Å². The highest BCUT2D eigenvalue weighted by Crippen LogP contribution is 2.32. The molecule has 1 aliphatic heterocycles. The Balaban J connectivity index is 0.00000441. The predicted molar refractivity (Wildman–Crippen MR) is 159 cm³/mol. The number of likely N-dealkylation sites (tertiary alicyclic amines) is 1. The molecule has 2 aromatic carbocycles. The van der Waals surface area contributed by atoms with Crippen molar-refractivity contribution in [3.8, 4) is 5.75 Å². The van der Waals surface area contributed by atoms with Gasteiger partial charge in [0.25, 0.3) is 0 Å². The molecule has 4 rings (SSSR count). The number of piperidine rings is 1. The van der Waals surface area contributed by atoms with Crippen molar-refractivity contribution in [2.75, 3.05) is 13.1 Å². The molecule has 2 atom stereocenters. The van der Waals surface area contributed by atoms with Crippen molar-refractivity contribution in [2.45, 2.75) is 92.2 Å². The predicted octanol–water partition coefficient (Wildman–Crippen LogP) is 6.09. The van der Waals surface area contributed by atoms with Crippen molar-refractivity contribution in [3.05, 3.63) is 76.6 Å². The third kappa shape index (κ3) is 7.87. The number of nitrogens with zero attached hydrogens (tertiary/aromatic N) is 4. The van der Waals surface area contributed by atoms with Gasteiger partial charge in [0.2, 0.25) is 0 Å². The fourth-order valence-electron chi connectivity index (χ4n) is 6.04. The molecule has 0 amide bonds. The third-order valence-corrected chi connectivity index (χ3v) is 8.20. The van der Waals surface area contributed by atoms with E-state index in [0.29, 0.717) is 24.4 Å². The van der Waals surface area contributed by atoms with Crippen molar-refractivity contribution in [1.82, 2.24) is 15.0 Å². The van der Waals surface area contributed by atoms with E-state index in [-0.39, 0.29) is 25.9 Å². The SMILES string of the molecule is C.CCCC[N+]1(Cc2ccc(OC(=O)CCc3cn(C)nn3)cc2)CCCCC1C(=O)Cc1c(C)cccc1C. The highest BCUT2D eigenvalue weighted by atomic mass is 16.5. The summed E-state index contributed by atoms with van der Waals surface area (Å²) in [5.41, 5.74) is 5.54. The highest BCUT2D eigenvalue weighted by Gasteiger charge is 2.43. The standard InChI is InChI=1S/C32H43N4O3.CH4/c1-5-6-19-36(20-8-7-12-30(36)31(37)21-29-24(2)10-9-11-25(29)3)23-26-13-16-28(17-14-26)39-32(38)18-15-27-22-35(4)34-33-27;/h9-11,13-14,16-17,22,30H,5-8,12,15,18-21,23H2,1-4H3;1H4/q+1;. The van der Waals surface area contributed by atoms with Crippen LogP contribution in [0.1, 0.15) is 80.8 Å². The van der Waals surface area contributed by atoms with Crippen LogP contribution in [0.15, 0.2) is 48.7 Å². The second-order valence-corrected chi connectivity index (χ2v) is 11.2. The van der Waals surface area contributed by atoms with E-state index in [2.05, 4.69) is 61.4 Å². The molecule has 3 aromatic rings. The largest absolute Gasteiger partial charge is 0.427 e. The van der Waals surface area contributed by atoms with Gasteiger partial charge in [0.05, 0.1) is 25.2 Å². The summed E-state index contributed by atoms with van der Waals surface area (Å²) < 4.78 is 8.03. The number of aromatic nitrogens is 3. The van der Waals surface area contributed by atoms with Crippen LogP contribution in [-0.2, 0) is 36.0 Å². The van der Waals surface area contributed by atoms with Crippen molar-refractivity contribution in [1.29, 1.82) is 0 Å². The average Bonchev–Trinajstić information content (AvgIpc) is 3.35. The number of rotatable bonds is 12. The van der Waals surface area contributed by atoms with Gasteiger partial charge in [-0.1, -0.05) is 44.2 Å². The number of Topliss-reactive ketones (excluding diaryl/α,β-unsaturated/α-hetero) is 1. The molecule has 1 fully saturated rings. The molecule has 40 heavy (non-hydrogen) atoms. The highest BCUT2D eigenvalue weighted by molar-refractivity contribution is 5.85. The van der Waals surface area contributed by atoms with Gasteiger partial charge in [-0.2, -0.15) is 0 Å². The molecular formula is C33H47N4O3+. The fraction of sp³-hybridized carbons (Fsp3) is 0.515. The van der Waals surface area contributed by atoms with E-state index < -0.39 is 0 Å². The minimum atomic E-state index is -0.284. The summed E-state index contributed by atoms with van der Waals surface area (Å²) in [6.45, 7) is 9.31. The lowest BCUT2D eigenvalue weighted by molar-refractivity contribution is -0.959. The van der Waals surface area contributed by atoms with Crippen molar-refractivity contribution < 1.29 is 18.8 Å². The second kappa shape index (κ2) is 14.4. The van der Waals surface area contributed by atoms with Gasteiger partial charge in [-0.05, 0) is 74.1 Å². The van der Waals surface area contributed by atoms with Crippen molar-refractivity contribution >= 4 is 11.8 Å². The van der Waals surface area contributed by atoms with Gasteiger partial charge in [0.15, 0.2) is 5.78 Å². The smallest absolute Gasteiger partial charge is 0.311 e. The normalized spacial score (nSPS) is 18.6. The lowest BCUT2D eigenvalue weighted by Crippen LogP contribution is -2.61. The Morgan fingerprint density at radius 1 is 1.07 bits per heavy atom. The summed E-state index contributed by atoms with van der Waals surface area (Å²) in [5, 5.41) is 7.92. The molecule has 216 valence electrons. The van der Waals surface area contributed by atoms with Crippen LogP contribution in [0.3, 0.4) is 0 Å². The maximum absolute atomic E-state index is 13.9. The van der Waals surface area contributed by atoms with Crippen molar-refractivity contribution in [2.24, 2.45) is 7.05 Å². The van der Waals surface area contributed by atoms with E-state index in [1.54, 1.807) is 17.9 Å². The molecule has 2 unspecified atom stereocenters. The van der Waals surface area contributed by atoms with Crippen LogP contribution in [0.2, 0.25) is 0 Å². The number of unbranched alkanes of at least 4 members (excludes halogenated alkanes) is 1. The van der Waals surface area contributed by atoms with E-state index in [1.165, 1.54) is 22.3 Å². The van der Waals surface area contributed by atoms with Gasteiger partial charge < -0.3 is 9.22 Å². The third-order valence-electron chi connectivity index (χ3n) is 8.20. The van der Waals surface area contributed by atoms with Gasteiger partial charge in [-0.3, -0.25) is 14.3 Å². The van der Waals surface area contributed by atoms with Crippen LogP contribution < -0.4 is 4.74 Å². The second-order valence-electron chi connectivity index (χ2n) is 11.2. The summed E-state index contributed by atoms with van der Waals surface area (Å²) in [5.74, 6) is 0.634. The molecule has 2 heterocycles. The Morgan fingerprint density at radius 2 is 1.80 bits per heavy atom. The molecule has 0 aliphatic carbocycles. The van der Waals surface area contributed by atoms with Gasteiger partial charge in [-0.25, -0.2) is 0 Å². The van der Waals surface area contributed by atoms with Gasteiger partial charge >= 0.3 is 5.97 Å². The first-order valence-corrected chi connectivity index (χ1v) is 14.4. The summed E-state index contributed by atoms with van der Waals surface area (Å²) in [7, 11) is 1.80. The minimum absolute atomic E-state index is 0. The number of hydrogen-bond donors (Lipinski definition) is 0. The first-order chi connectivity index (χ1) is 18.8. The van der Waals surface area contributed by atoms with Gasteiger partial charge in [-0.15, -0.1) is 5.10 Å². The number of esters is 1. The van der Waals surface area contributed by atoms with Crippen LogP contribution >= 0.6 is 0 Å². The minimum Gasteiger partial charge on any atom is -0.427 e. The van der Waals surface area contributed by atoms with Crippen LogP contribution in [0.5, 0.6) is 5.75 Å². The zero-order chi connectivity index (χ0) is 27.8. The lowest BCUT2D eigenvalue weighted by Gasteiger charge is -2.47.